The van der Waals surface area contributed by atoms with E-state index in [1.807, 2.05) is 24.3 Å². The first-order valence-electron chi connectivity index (χ1n) is 6.44. The third kappa shape index (κ3) is 2.03. The Bertz CT molecular complexity index is 570. The zero-order chi connectivity index (χ0) is 12.5. The second-order valence-electron chi connectivity index (χ2n) is 4.86. The van der Waals surface area contributed by atoms with Crippen LogP contribution in [0, 0.1) is 0 Å². The molecule has 1 aliphatic rings. The number of aromatic nitrogens is 2. The smallest absolute Gasteiger partial charge is 0.172 e. The van der Waals surface area contributed by atoms with Gasteiger partial charge in [0.05, 0.1) is 11.0 Å². The molecular weight excluding hydrogens is 246 g/mol. The Morgan fingerprint density at radius 3 is 2.61 bits per heavy atom. The standard InChI is InChI=1S/C14H16ClN3/c1-10-6-4-5-9-18(10)14-13(15)16-11-7-2-3-8-12(11)17-14/h2-3,7-8,10H,4-6,9H2,1H3/t10-/m1/s1. The number of rotatable bonds is 1. The van der Waals surface area contributed by atoms with E-state index in [-0.39, 0.29) is 0 Å². The second-order valence-corrected chi connectivity index (χ2v) is 5.22. The van der Waals surface area contributed by atoms with E-state index in [0.717, 1.165) is 23.4 Å². The molecule has 1 aromatic carbocycles. The Morgan fingerprint density at radius 2 is 1.89 bits per heavy atom. The fourth-order valence-electron chi connectivity index (χ4n) is 2.56. The van der Waals surface area contributed by atoms with Gasteiger partial charge in [-0.2, -0.15) is 0 Å². The lowest BCUT2D eigenvalue weighted by atomic mass is 10.0. The summed E-state index contributed by atoms with van der Waals surface area (Å²) >= 11 is 6.29. The Labute approximate surface area is 112 Å². The van der Waals surface area contributed by atoms with Gasteiger partial charge in [-0.3, -0.25) is 0 Å². The van der Waals surface area contributed by atoms with Crippen molar-refractivity contribution >= 4 is 28.5 Å². The number of fused-ring (bicyclic) bond motifs is 1. The molecule has 4 heteroatoms. The van der Waals surface area contributed by atoms with Gasteiger partial charge in [-0.15, -0.1) is 0 Å². The Morgan fingerprint density at radius 1 is 1.17 bits per heavy atom. The van der Waals surface area contributed by atoms with Crippen LogP contribution >= 0.6 is 11.6 Å². The molecule has 3 rings (SSSR count). The van der Waals surface area contributed by atoms with E-state index in [4.69, 9.17) is 11.6 Å². The van der Waals surface area contributed by atoms with Gasteiger partial charge in [-0.25, -0.2) is 9.97 Å². The molecule has 0 amide bonds. The molecule has 0 spiro atoms. The van der Waals surface area contributed by atoms with E-state index in [0.29, 0.717) is 11.2 Å². The molecular formula is C14H16ClN3. The fraction of sp³-hybridized carbons (Fsp3) is 0.429. The second kappa shape index (κ2) is 4.73. The average molecular weight is 262 g/mol. The van der Waals surface area contributed by atoms with Crippen LogP contribution in [0.2, 0.25) is 5.15 Å². The van der Waals surface area contributed by atoms with Crippen molar-refractivity contribution < 1.29 is 0 Å². The van der Waals surface area contributed by atoms with Gasteiger partial charge in [0.25, 0.3) is 0 Å². The minimum atomic E-state index is 0.492. The highest BCUT2D eigenvalue weighted by Crippen LogP contribution is 2.29. The Balaban J connectivity index is 2.07. The molecule has 0 bridgehead atoms. The van der Waals surface area contributed by atoms with E-state index < -0.39 is 0 Å². The minimum absolute atomic E-state index is 0.492. The number of hydrogen-bond donors (Lipinski definition) is 0. The predicted molar refractivity (Wildman–Crippen MR) is 75.2 cm³/mol. The van der Waals surface area contributed by atoms with Crippen LogP contribution in [0.3, 0.4) is 0 Å². The number of benzene rings is 1. The van der Waals surface area contributed by atoms with E-state index in [1.165, 1.54) is 19.3 Å². The molecule has 0 unspecified atom stereocenters. The van der Waals surface area contributed by atoms with Gasteiger partial charge in [0, 0.05) is 12.6 Å². The highest BCUT2D eigenvalue weighted by molar-refractivity contribution is 6.32. The van der Waals surface area contributed by atoms with Crippen molar-refractivity contribution in [1.29, 1.82) is 0 Å². The zero-order valence-corrected chi connectivity index (χ0v) is 11.2. The van der Waals surface area contributed by atoms with Crippen molar-refractivity contribution in [3.8, 4) is 0 Å². The number of anilines is 1. The van der Waals surface area contributed by atoms with E-state index in [9.17, 15) is 0 Å². The molecule has 2 aromatic rings. The van der Waals surface area contributed by atoms with Gasteiger partial charge in [0.15, 0.2) is 11.0 Å². The zero-order valence-electron chi connectivity index (χ0n) is 10.4. The highest BCUT2D eigenvalue weighted by atomic mass is 35.5. The summed E-state index contributed by atoms with van der Waals surface area (Å²) in [5.74, 6) is 0.836. The molecule has 2 heterocycles. The first-order valence-corrected chi connectivity index (χ1v) is 6.82. The van der Waals surface area contributed by atoms with Crippen molar-refractivity contribution in [2.45, 2.75) is 32.2 Å². The van der Waals surface area contributed by atoms with Crippen LogP contribution in [0.4, 0.5) is 5.82 Å². The summed E-state index contributed by atoms with van der Waals surface area (Å²) in [6.07, 6.45) is 3.69. The largest absolute Gasteiger partial charge is 0.351 e. The molecule has 1 fully saturated rings. The molecule has 0 radical (unpaired) electrons. The van der Waals surface area contributed by atoms with Crippen LogP contribution in [-0.4, -0.2) is 22.6 Å². The maximum atomic E-state index is 6.29. The molecule has 0 saturated carbocycles. The molecule has 3 nitrogen and oxygen atoms in total. The SMILES string of the molecule is C[C@@H]1CCCCN1c1nc2ccccc2nc1Cl. The number of piperidine rings is 1. The molecule has 0 aliphatic carbocycles. The van der Waals surface area contributed by atoms with Crippen molar-refractivity contribution in [3.05, 3.63) is 29.4 Å². The third-order valence-electron chi connectivity index (χ3n) is 3.59. The summed E-state index contributed by atoms with van der Waals surface area (Å²) in [6, 6.07) is 8.35. The van der Waals surface area contributed by atoms with Crippen molar-refractivity contribution in [3.63, 3.8) is 0 Å². The maximum absolute atomic E-state index is 6.29. The summed E-state index contributed by atoms with van der Waals surface area (Å²) in [7, 11) is 0. The Kier molecular flexibility index (Phi) is 3.08. The average Bonchev–Trinajstić information content (AvgIpc) is 2.39. The number of para-hydroxylation sites is 2. The summed E-state index contributed by atoms with van der Waals surface area (Å²) in [4.78, 5) is 11.4. The van der Waals surface area contributed by atoms with Gasteiger partial charge in [0.2, 0.25) is 0 Å². The lowest BCUT2D eigenvalue weighted by molar-refractivity contribution is 0.481. The number of hydrogen-bond acceptors (Lipinski definition) is 3. The van der Waals surface area contributed by atoms with Gasteiger partial charge in [-0.05, 0) is 38.3 Å². The first kappa shape index (κ1) is 11.7. The molecule has 18 heavy (non-hydrogen) atoms. The molecule has 1 aliphatic heterocycles. The van der Waals surface area contributed by atoms with Crippen molar-refractivity contribution in [2.75, 3.05) is 11.4 Å². The summed E-state index contributed by atoms with van der Waals surface area (Å²) < 4.78 is 0. The number of halogens is 1. The normalized spacial score (nSPS) is 20.3. The van der Waals surface area contributed by atoms with E-state index >= 15 is 0 Å². The minimum Gasteiger partial charge on any atom is -0.351 e. The van der Waals surface area contributed by atoms with Crippen LogP contribution in [0.5, 0.6) is 0 Å². The molecule has 94 valence electrons. The monoisotopic (exact) mass is 261 g/mol. The highest BCUT2D eigenvalue weighted by Gasteiger charge is 2.22. The van der Waals surface area contributed by atoms with Gasteiger partial charge < -0.3 is 4.90 Å². The van der Waals surface area contributed by atoms with Gasteiger partial charge in [0.1, 0.15) is 0 Å². The molecule has 1 saturated heterocycles. The van der Waals surface area contributed by atoms with Gasteiger partial charge >= 0.3 is 0 Å². The lowest BCUT2D eigenvalue weighted by Crippen LogP contribution is -2.38. The topological polar surface area (TPSA) is 29.0 Å². The summed E-state index contributed by atoms with van der Waals surface area (Å²) in [5.41, 5.74) is 1.77. The van der Waals surface area contributed by atoms with E-state index in [1.54, 1.807) is 0 Å². The fourth-order valence-corrected chi connectivity index (χ4v) is 2.81. The third-order valence-corrected chi connectivity index (χ3v) is 3.84. The summed E-state index contributed by atoms with van der Waals surface area (Å²) in [6.45, 7) is 3.25. The van der Waals surface area contributed by atoms with Crippen LogP contribution in [0.25, 0.3) is 11.0 Å². The Hall–Kier alpha value is -1.35. The van der Waals surface area contributed by atoms with Crippen LogP contribution in [0.15, 0.2) is 24.3 Å². The lowest BCUT2D eigenvalue weighted by Gasteiger charge is -2.34. The van der Waals surface area contributed by atoms with Crippen molar-refractivity contribution in [2.24, 2.45) is 0 Å². The predicted octanol–water partition coefficient (Wildman–Crippen LogP) is 3.66. The molecule has 0 N–H and O–H groups in total. The molecule has 1 aromatic heterocycles. The van der Waals surface area contributed by atoms with Crippen molar-refractivity contribution in [1.82, 2.24) is 9.97 Å². The van der Waals surface area contributed by atoms with Crippen LogP contribution in [0.1, 0.15) is 26.2 Å². The molecule has 1 atom stereocenters. The number of nitrogens with zero attached hydrogens (tertiary/aromatic N) is 3. The van der Waals surface area contributed by atoms with Crippen LogP contribution in [-0.2, 0) is 0 Å². The quantitative estimate of drug-likeness (QED) is 0.784. The van der Waals surface area contributed by atoms with E-state index in [2.05, 4.69) is 21.8 Å². The maximum Gasteiger partial charge on any atom is 0.172 e. The summed E-state index contributed by atoms with van der Waals surface area (Å²) in [5, 5.41) is 0.516. The first-order chi connectivity index (χ1) is 8.75. The van der Waals surface area contributed by atoms with Crippen LogP contribution < -0.4 is 4.90 Å². The van der Waals surface area contributed by atoms with Gasteiger partial charge in [-0.1, -0.05) is 23.7 Å².